The summed E-state index contributed by atoms with van der Waals surface area (Å²) in [6, 6.07) is 3.28. The molecule has 0 aromatic carbocycles. The molecule has 0 atom stereocenters. The van der Waals surface area contributed by atoms with Crippen molar-refractivity contribution in [3.63, 3.8) is 0 Å². The number of rotatable bonds is 0. The lowest BCUT2D eigenvalue weighted by atomic mass is 10.2. The summed E-state index contributed by atoms with van der Waals surface area (Å²) >= 11 is 0. The second-order valence-corrected chi connectivity index (χ2v) is 2.95. The van der Waals surface area contributed by atoms with E-state index < -0.39 is 11.3 Å². The van der Waals surface area contributed by atoms with Gasteiger partial charge in [0.05, 0.1) is 17.1 Å². The second-order valence-electron chi connectivity index (χ2n) is 2.95. The first kappa shape index (κ1) is 7.25. The maximum absolute atomic E-state index is 11.3. The molecule has 5 heteroatoms. The summed E-state index contributed by atoms with van der Waals surface area (Å²) in [6.45, 7) is 0. The molecule has 0 radical (unpaired) electrons. The van der Waals surface area contributed by atoms with E-state index in [0.717, 1.165) is 0 Å². The standard InChI is InChI=1S/C9H4N2O3/c12-8-5-2-1-3-11-7(5)6(4-10-11)9(13)14-8/h1-4H. The predicted molar refractivity (Wildman–Crippen MR) is 48.7 cm³/mol. The molecule has 0 spiro atoms. The van der Waals surface area contributed by atoms with Gasteiger partial charge in [-0.15, -0.1) is 0 Å². The highest BCUT2D eigenvalue weighted by Gasteiger charge is 2.11. The number of aromatic nitrogens is 2. The average Bonchev–Trinajstić information content (AvgIpc) is 2.59. The van der Waals surface area contributed by atoms with Crippen LogP contribution in [0.25, 0.3) is 16.3 Å². The molecule has 0 N–H and O–H groups in total. The smallest absolute Gasteiger partial charge is 0.349 e. The van der Waals surface area contributed by atoms with Gasteiger partial charge < -0.3 is 4.42 Å². The minimum atomic E-state index is -0.635. The Balaban J connectivity index is 2.88. The van der Waals surface area contributed by atoms with Gasteiger partial charge in [-0.2, -0.15) is 5.10 Å². The van der Waals surface area contributed by atoms with E-state index in [4.69, 9.17) is 0 Å². The van der Waals surface area contributed by atoms with E-state index >= 15 is 0 Å². The second kappa shape index (κ2) is 2.20. The zero-order chi connectivity index (χ0) is 9.71. The summed E-state index contributed by atoms with van der Waals surface area (Å²) in [6.07, 6.45) is 3.07. The molecule has 0 saturated carbocycles. The molecule has 0 fully saturated rings. The fourth-order valence-electron chi connectivity index (χ4n) is 1.55. The third-order valence-electron chi connectivity index (χ3n) is 2.17. The maximum Gasteiger partial charge on any atom is 0.349 e. The van der Waals surface area contributed by atoms with Crippen LogP contribution in [0.2, 0.25) is 0 Å². The van der Waals surface area contributed by atoms with Gasteiger partial charge >= 0.3 is 11.3 Å². The number of hydrogen-bond acceptors (Lipinski definition) is 4. The first-order valence-corrected chi connectivity index (χ1v) is 4.00. The van der Waals surface area contributed by atoms with Crippen molar-refractivity contribution >= 4 is 16.3 Å². The Kier molecular flexibility index (Phi) is 1.14. The maximum atomic E-state index is 11.3. The van der Waals surface area contributed by atoms with Crippen LogP contribution in [-0.2, 0) is 0 Å². The van der Waals surface area contributed by atoms with Gasteiger partial charge in [0.25, 0.3) is 0 Å². The summed E-state index contributed by atoms with van der Waals surface area (Å²) in [5, 5.41) is 4.65. The lowest BCUT2D eigenvalue weighted by Crippen LogP contribution is -2.11. The summed E-state index contributed by atoms with van der Waals surface area (Å²) in [5.41, 5.74) is -0.731. The van der Waals surface area contributed by atoms with Crippen molar-refractivity contribution in [3.05, 3.63) is 45.4 Å². The molecule has 0 aliphatic carbocycles. The molecular weight excluding hydrogens is 184 g/mol. The third-order valence-corrected chi connectivity index (χ3v) is 2.17. The van der Waals surface area contributed by atoms with Gasteiger partial charge in [0, 0.05) is 6.20 Å². The Bertz CT molecular complexity index is 726. The van der Waals surface area contributed by atoms with Crippen LogP contribution < -0.4 is 11.3 Å². The molecule has 0 bridgehead atoms. The molecule has 0 aliphatic heterocycles. The highest BCUT2D eigenvalue weighted by atomic mass is 16.4. The summed E-state index contributed by atoms with van der Waals surface area (Å²) in [5.74, 6) is 0. The molecule has 0 unspecified atom stereocenters. The van der Waals surface area contributed by atoms with Crippen LogP contribution >= 0.6 is 0 Å². The van der Waals surface area contributed by atoms with E-state index in [1.54, 1.807) is 18.3 Å². The lowest BCUT2D eigenvalue weighted by Gasteiger charge is -1.94. The molecule has 5 nitrogen and oxygen atoms in total. The van der Waals surface area contributed by atoms with Crippen LogP contribution in [0.4, 0.5) is 0 Å². The Morgan fingerprint density at radius 3 is 2.86 bits per heavy atom. The summed E-state index contributed by atoms with van der Waals surface area (Å²) in [4.78, 5) is 22.5. The zero-order valence-electron chi connectivity index (χ0n) is 6.93. The number of nitrogens with zero attached hydrogens (tertiary/aromatic N) is 2. The van der Waals surface area contributed by atoms with E-state index in [1.807, 2.05) is 0 Å². The van der Waals surface area contributed by atoms with E-state index in [-0.39, 0.29) is 0 Å². The highest BCUT2D eigenvalue weighted by Crippen LogP contribution is 2.12. The van der Waals surface area contributed by atoms with Crippen molar-refractivity contribution in [1.29, 1.82) is 0 Å². The number of hydrogen-bond donors (Lipinski definition) is 0. The topological polar surface area (TPSA) is 64.6 Å². The Morgan fingerprint density at radius 2 is 2.00 bits per heavy atom. The SMILES string of the molecule is O=c1oc(=O)c2cnn3cccc1c23. The van der Waals surface area contributed by atoms with Gasteiger partial charge in [0.2, 0.25) is 0 Å². The highest BCUT2D eigenvalue weighted by molar-refractivity contribution is 5.93. The van der Waals surface area contributed by atoms with Crippen LogP contribution in [0.3, 0.4) is 0 Å². The van der Waals surface area contributed by atoms with Crippen molar-refractivity contribution in [1.82, 2.24) is 9.61 Å². The molecular formula is C9H4N2O3. The molecule has 3 aromatic rings. The van der Waals surface area contributed by atoms with Gasteiger partial charge in [-0.1, -0.05) is 0 Å². The number of pyridine rings is 1. The van der Waals surface area contributed by atoms with E-state index in [1.165, 1.54) is 10.7 Å². The summed E-state index contributed by atoms with van der Waals surface area (Å²) < 4.78 is 6.02. The molecule has 3 heterocycles. The quantitative estimate of drug-likeness (QED) is 0.506. The van der Waals surface area contributed by atoms with Crippen molar-refractivity contribution in [2.24, 2.45) is 0 Å². The first-order chi connectivity index (χ1) is 6.77. The van der Waals surface area contributed by atoms with Crippen LogP contribution in [0.5, 0.6) is 0 Å². The molecule has 0 aliphatic rings. The van der Waals surface area contributed by atoms with E-state index in [9.17, 15) is 9.59 Å². The Labute approximate surface area is 76.5 Å². The van der Waals surface area contributed by atoms with Gasteiger partial charge in [-0.25, -0.2) is 14.1 Å². The molecule has 3 rings (SSSR count). The van der Waals surface area contributed by atoms with Crippen LogP contribution in [0.1, 0.15) is 0 Å². The fraction of sp³-hybridized carbons (Fsp3) is 0. The molecule has 68 valence electrons. The van der Waals surface area contributed by atoms with E-state index in [2.05, 4.69) is 9.52 Å². The van der Waals surface area contributed by atoms with Gasteiger partial charge in [0.15, 0.2) is 0 Å². The Morgan fingerprint density at radius 1 is 1.21 bits per heavy atom. The van der Waals surface area contributed by atoms with Crippen molar-refractivity contribution in [2.45, 2.75) is 0 Å². The monoisotopic (exact) mass is 188 g/mol. The Hall–Kier alpha value is -2.17. The molecule has 0 amide bonds. The van der Waals surface area contributed by atoms with Crippen molar-refractivity contribution in [2.75, 3.05) is 0 Å². The molecule has 0 saturated heterocycles. The normalized spacial score (nSPS) is 11.4. The minimum Gasteiger partial charge on any atom is -0.386 e. The van der Waals surface area contributed by atoms with Gasteiger partial charge in [-0.05, 0) is 12.1 Å². The van der Waals surface area contributed by atoms with Crippen LogP contribution in [0.15, 0.2) is 38.5 Å². The predicted octanol–water partition coefficient (Wildman–Crippen LogP) is 0.239. The lowest BCUT2D eigenvalue weighted by molar-refractivity contribution is 0.488. The molecule has 3 aromatic heterocycles. The van der Waals surface area contributed by atoms with Crippen LogP contribution in [-0.4, -0.2) is 9.61 Å². The third kappa shape index (κ3) is 0.711. The largest absolute Gasteiger partial charge is 0.386 e. The van der Waals surface area contributed by atoms with Crippen molar-refractivity contribution < 1.29 is 4.42 Å². The zero-order valence-corrected chi connectivity index (χ0v) is 6.93. The average molecular weight is 188 g/mol. The summed E-state index contributed by atoms with van der Waals surface area (Å²) in [7, 11) is 0. The fourth-order valence-corrected chi connectivity index (χ4v) is 1.55. The minimum absolute atomic E-state index is 0.334. The van der Waals surface area contributed by atoms with E-state index in [0.29, 0.717) is 16.3 Å². The van der Waals surface area contributed by atoms with Gasteiger partial charge in [0.1, 0.15) is 5.39 Å². The first-order valence-electron chi connectivity index (χ1n) is 4.00. The van der Waals surface area contributed by atoms with Gasteiger partial charge in [-0.3, -0.25) is 0 Å². The van der Waals surface area contributed by atoms with Crippen molar-refractivity contribution in [3.8, 4) is 0 Å². The molecule has 14 heavy (non-hydrogen) atoms. The van der Waals surface area contributed by atoms with Crippen LogP contribution in [0, 0.1) is 0 Å².